The summed E-state index contributed by atoms with van der Waals surface area (Å²) >= 11 is 7.67. The molecule has 4 nitrogen and oxygen atoms in total. The van der Waals surface area contributed by atoms with Crippen molar-refractivity contribution in [1.29, 1.82) is 0 Å². The summed E-state index contributed by atoms with van der Waals surface area (Å²) in [5.41, 5.74) is 3.51. The number of nitrogens with one attached hydrogen (secondary N) is 2. The Morgan fingerprint density at radius 3 is 2.89 bits per heavy atom. The highest BCUT2D eigenvalue weighted by molar-refractivity contribution is 7.99. The fourth-order valence-corrected chi connectivity index (χ4v) is 2.31. The van der Waals surface area contributed by atoms with Crippen LogP contribution < -0.4 is 16.6 Å². The lowest BCUT2D eigenvalue weighted by atomic mass is 10.1. The Labute approximate surface area is 117 Å². The number of carbonyl (C=O) groups is 1. The molecule has 4 N–H and O–H groups in total. The van der Waals surface area contributed by atoms with Crippen molar-refractivity contribution in [2.75, 3.05) is 16.9 Å². The zero-order valence-electron chi connectivity index (χ0n) is 10.5. The second kappa shape index (κ2) is 7.51. The molecule has 18 heavy (non-hydrogen) atoms. The van der Waals surface area contributed by atoms with E-state index in [4.69, 9.17) is 17.4 Å². The SMILES string of the molecule is CCSCC(C)NC(=O)c1cc(Cl)ccc1NN. The molecule has 0 radical (unpaired) electrons. The van der Waals surface area contributed by atoms with Crippen molar-refractivity contribution in [2.24, 2.45) is 5.84 Å². The molecule has 0 aromatic heterocycles. The first kappa shape index (κ1) is 15.1. The highest BCUT2D eigenvalue weighted by atomic mass is 35.5. The van der Waals surface area contributed by atoms with Gasteiger partial charge >= 0.3 is 0 Å². The predicted molar refractivity (Wildman–Crippen MR) is 79.2 cm³/mol. The van der Waals surface area contributed by atoms with E-state index in [0.717, 1.165) is 11.5 Å². The molecule has 0 fully saturated rings. The van der Waals surface area contributed by atoms with Crippen LogP contribution in [0, 0.1) is 0 Å². The van der Waals surface area contributed by atoms with Gasteiger partial charge in [-0.3, -0.25) is 10.6 Å². The van der Waals surface area contributed by atoms with E-state index < -0.39 is 0 Å². The molecule has 0 aliphatic carbocycles. The van der Waals surface area contributed by atoms with Crippen LogP contribution >= 0.6 is 23.4 Å². The third kappa shape index (κ3) is 4.40. The van der Waals surface area contributed by atoms with Gasteiger partial charge in [-0.25, -0.2) is 0 Å². The Bertz CT molecular complexity index is 414. The Kier molecular flexibility index (Phi) is 6.32. The molecule has 1 rings (SSSR count). The second-order valence-corrected chi connectivity index (χ2v) is 5.62. The quantitative estimate of drug-likeness (QED) is 0.555. The van der Waals surface area contributed by atoms with E-state index in [1.807, 2.05) is 6.92 Å². The van der Waals surface area contributed by atoms with E-state index in [9.17, 15) is 4.79 Å². The second-order valence-electron chi connectivity index (χ2n) is 3.87. The fourth-order valence-electron chi connectivity index (χ4n) is 1.47. The van der Waals surface area contributed by atoms with Gasteiger partial charge in [0.2, 0.25) is 0 Å². The zero-order chi connectivity index (χ0) is 13.5. The molecule has 6 heteroatoms. The van der Waals surface area contributed by atoms with E-state index in [2.05, 4.69) is 17.7 Å². The maximum absolute atomic E-state index is 12.1. The van der Waals surface area contributed by atoms with Crippen LogP contribution in [-0.4, -0.2) is 23.5 Å². The van der Waals surface area contributed by atoms with Crippen molar-refractivity contribution in [3.05, 3.63) is 28.8 Å². The highest BCUT2D eigenvalue weighted by Gasteiger charge is 2.14. The molecule has 1 atom stereocenters. The van der Waals surface area contributed by atoms with E-state index in [0.29, 0.717) is 16.3 Å². The summed E-state index contributed by atoms with van der Waals surface area (Å²) in [4.78, 5) is 12.1. The van der Waals surface area contributed by atoms with Crippen LogP contribution in [0.5, 0.6) is 0 Å². The number of amides is 1. The summed E-state index contributed by atoms with van der Waals surface area (Å²) in [7, 11) is 0. The lowest BCUT2D eigenvalue weighted by molar-refractivity contribution is 0.0944. The third-order valence-corrected chi connectivity index (χ3v) is 3.71. The number of halogens is 1. The van der Waals surface area contributed by atoms with E-state index in [-0.39, 0.29) is 11.9 Å². The standard InChI is InChI=1S/C12H18ClN3OS/c1-3-18-7-8(2)15-12(17)10-6-9(13)4-5-11(10)16-14/h4-6,8,16H,3,7,14H2,1-2H3,(H,15,17). The van der Waals surface area contributed by atoms with Crippen LogP contribution in [0.25, 0.3) is 0 Å². The molecule has 100 valence electrons. The summed E-state index contributed by atoms with van der Waals surface area (Å²) < 4.78 is 0. The summed E-state index contributed by atoms with van der Waals surface area (Å²) in [5, 5.41) is 3.43. The van der Waals surface area contributed by atoms with Gasteiger partial charge in [-0.05, 0) is 30.9 Å². The van der Waals surface area contributed by atoms with Crippen molar-refractivity contribution in [3.8, 4) is 0 Å². The number of hydrogen-bond donors (Lipinski definition) is 3. The normalized spacial score (nSPS) is 12.0. The van der Waals surface area contributed by atoms with Gasteiger partial charge in [0.15, 0.2) is 0 Å². The van der Waals surface area contributed by atoms with Crippen LogP contribution in [0.3, 0.4) is 0 Å². The monoisotopic (exact) mass is 287 g/mol. The minimum Gasteiger partial charge on any atom is -0.349 e. The average molecular weight is 288 g/mol. The summed E-state index contributed by atoms with van der Waals surface area (Å²) in [5.74, 6) is 7.12. The summed E-state index contributed by atoms with van der Waals surface area (Å²) in [6.45, 7) is 4.06. The van der Waals surface area contributed by atoms with Crippen LogP contribution in [0.1, 0.15) is 24.2 Å². The summed E-state index contributed by atoms with van der Waals surface area (Å²) in [6, 6.07) is 5.07. The number of hydrazine groups is 1. The molecule has 0 aliphatic heterocycles. The van der Waals surface area contributed by atoms with Crippen LogP contribution in [-0.2, 0) is 0 Å². The zero-order valence-corrected chi connectivity index (χ0v) is 12.1. The van der Waals surface area contributed by atoms with Crippen molar-refractivity contribution in [1.82, 2.24) is 5.32 Å². The van der Waals surface area contributed by atoms with Crippen LogP contribution in [0.2, 0.25) is 5.02 Å². The van der Waals surface area contributed by atoms with Crippen molar-refractivity contribution in [3.63, 3.8) is 0 Å². The maximum atomic E-state index is 12.1. The molecule has 0 bridgehead atoms. The average Bonchev–Trinajstić information content (AvgIpc) is 2.36. The number of thioether (sulfide) groups is 1. The van der Waals surface area contributed by atoms with E-state index in [1.54, 1.807) is 30.0 Å². The molecule has 1 aromatic rings. The first-order valence-electron chi connectivity index (χ1n) is 5.73. The lowest BCUT2D eigenvalue weighted by Gasteiger charge is -2.15. The minimum absolute atomic E-state index is 0.104. The molecular weight excluding hydrogens is 270 g/mol. The van der Waals surface area contributed by atoms with E-state index >= 15 is 0 Å². The Hall–Kier alpha value is -0.910. The predicted octanol–water partition coefficient (Wildman–Crippen LogP) is 2.50. The number of rotatable bonds is 6. The Morgan fingerprint density at radius 2 is 2.28 bits per heavy atom. The van der Waals surface area contributed by atoms with Gasteiger partial charge in [0, 0.05) is 16.8 Å². The van der Waals surface area contributed by atoms with Gasteiger partial charge in [-0.2, -0.15) is 11.8 Å². The molecule has 1 aromatic carbocycles. The van der Waals surface area contributed by atoms with Gasteiger partial charge in [-0.1, -0.05) is 18.5 Å². The maximum Gasteiger partial charge on any atom is 0.253 e. The smallest absolute Gasteiger partial charge is 0.253 e. The topological polar surface area (TPSA) is 67.2 Å². The van der Waals surface area contributed by atoms with Crippen LogP contribution in [0.15, 0.2) is 18.2 Å². The minimum atomic E-state index is -0.172. The summed E-state index contributed by atoms with van der Waals surface area (Å²) in [6.07, 6.45) is 0. The van der Waals surface area contributed by atoms with Crippen molar-refractivity contribution < 1.29 is 4.79 Å². The number of carbonyl (C=O) groups excluding carboxylic acids is 1. The molecular formula is C12H18ClN3OS. The number of anilines is 1. The largest absolute Gasteiger partial charge is 0.349 e. The molecule has 1 unspecified atom stereocenters. The molecule has 1 amide bonds. The van der Waals surface area contributed by atoms with E-state index in [1.165, 1.54) is 0 Å². The molecule has 0 aliphatic rings. The van der Waals surface area contributed by atoms with Gasteiger partial charge in [-0.15, -0.1) is 0 Å². The van der Waals surface area contributed by atoms with Gasteiger partial charge in [0.1, 0.15) is 0 Å². The number of hydrogen-bond acceptors (Lipinski definition) is 4. The fraction of sp³-hybridized carbons (Fsp3) is 0.417. The van der Waals surface area contributed by atoms with Crippen LogP contribution in [0.4, 0.5) is 5.69 Å². The first-order valence-corrected chi connectivity index (χ1v) is 7.26. The molecule has 0 spiro atoms. The highest BCUT2D eigenvalue weighted by Crippen LogP contribution is 2.20. The molecule has 0 heterocycles. The van der Waals surface area contributed by atoms with Gasteiger partial charge in [0.05, 0.1) is 11.3 Å². The number of nitrogen functional groups attached to an aromatic ring is 1. The number of benzene rings is 1. The number of nitrogens with two attached hydrogens (primary N) is 1. The van der Waals surface area contributed by atoms with Gasteiger partial charge in [0.25, 0.3) is 5.91 Å². The molecule has 0 saturated carbocycles. The van der Waals surface area contributed by atoms with Gasteiger partial charge < -0.3 is 10.7 Å². The Morgan fingerprint density at radius 1 is 1.56 bits per heavy atom. The first-order chi connectivity index (χ1) is 8.58. The third-order valence-electron chi connectivity index (χ3n) is 2.33. The van der Waals surface area contributed by atoms with Crippen molar-refractivity contribution >= 4 is 35.0 Å². The molecule has 0 saturated heterocycles. The van der Waals surface area contributed by atoms with Crippen molar-refractivity contribution in [2.45, 2.75) is 19.9 Å². The Balaban J connectivity index is 2.74. The lowest BCUT2D eigenvalue weighted by Crippen LogP contribution is -2.35.